The lowest BCUT2D eigenvalue weighted by molar-refractivity contribution is -0.140. The van der Waals surface area contributed by atoms with E-state index in [9.17, 15) is 4.79 Å². The first-order chi connectivity index (χ1) is 15.7. The summed E-state index contributed by atoms with van der Waals surface area (Å²) in [6, 6.07) is 4.29. The van der Waals surface area contributed by atoms with E-state index in [-0.39, 0.29) is 5.92 Å². The fraction of sp³-hybridized carbons (Fsp3) is 0.708. The number of guanidine groups is 1. The zero-order chi connectivity index (χ0) is 22.2. The Bertz CT molecular complexity index is 764. The van der Waals surface area contributed by atoms with Gasteiger partial charge in [0.15, 0.2) is 5.96 Å². The average Bonchev–Trinajstić information content (AvgIpc) is 3.15. The zero-order valence-corrected chi connectivity index (χ0v) is 19.5. The van der Waals surface area contributed by atoms with Gasteiger partial charge < -0.3 is 24.8 Å². The van der Waals surface area contributed by atoms with E-state index < -0.39 is 0 Å². The number of nitrogens with one attached hydrogen (secondary N) is 1. The number of aromatic nitrogens is 1. The number of anilines is 1. The van der Waals surface area contributed by atoms with Crippen molar-refractivity contribution in [1.82, 2.24) is 20.1 Å². The Kier molecular flexibility index (Phi) is 8.20. The summed E-state index contributed by atoms with van der Waals surface area (Å²) >= 11 is 0. The molecule has 1 amide bonds. The standard InChI is InChI=1S/C24H38N6O2/c1-25-24(30-12-7-21(8-13-30)23(31)29-14-16-32-17-15-29)27-19-20-6-9-26-22(18-20)28-10-4-2-3-5-11-28/h6,9,18,21H,2-5,7-8,10-17,19H2,1H3,(H,25,27). The van der Waals surface area contributed by atoms with Crippen LogP contribution in [0.15, 0.2) is 23.3 Å². The first-order valence-electron chi connectivity index (χ1n) is 12.3. The lowest BCUT2D eigenvalue weighted by atomic mass is 9.95. The molecule has 0 radical (unpaired) electrons. The number of carbonyl (C=O) groups is 1. The normalized spacial score (nSPS) is 21.4. The summed E-state index contributed by atoms with van der Waals surface area (Å²) in [4.78, 5) is 28.6. The fourth-order valence-corrected chi connectivity index (χ4v) is 4.94. The van der Waals surface area contributed by atoms with Crippen molar-refractivity contribution in [2.24, 2.45) is 10.9 Å². The van der Waals surface area contributed by atoms with Gasteiger partial charge in [-0.05, 0) is 43.4 Å². The van der Waals surface area contributed by atoms with Crippen LogP contribution in [0.5, 0.6) is 0 Å². The topological polar surface area (TPSA) is 73.3 Å². The SMILES string of the molecule is CN=C(NCc1ccnc(N2CCCCCC2)c1)N1CCC(C(=O)N2CCOCC2)CC1. The van der Waals surface area contributed by atoms with Gasteiger partial charge in [0.05, 0.1) is 13.2 Å². The average molecular weight is 443 g/mol. The molecule has 3 saturated heterocycles. The van der Waals surface area contributed by atoms with Gasteiger partial charge in [-0.1, -0.05) is 12.8 Å². The summed E-state index contributed by atoms with van der Waals surface area (Å²) in [5.74, 6) is 2.42. The second kappa shape index (κ2) is 11.5. The first-order valence-corrected chi connectivity index (χ1v) is 12.3. The maximum Gasteiger partial charge on any atom is 0.225 e. The number of ether oxygens (including phenoxy) is 1. The van der Waals surface area contributed by atoms with Gasteiger partial charge >= 0.3 is 0 Å². The lowest BCUT2D eigenvalue weighted by Crippen LogP contribution is -2.49. The molecule has 32 heavy (non-hydrogen) atoms. The van der Waals surface area contributed by atoms with Crippen LogP contribution in [0, 0.1) is 5.92 Å². The molecule has 3 aliphatic rings. The van der Waals surface area contributed by atoms with E-state index in [1.807, 2.05) is 18.1 Å². The summed E-state index contributed by atoms with van der Waals surface area (Å²) in [7, 11) is 1.84. The molecule has 0 spiro atoms. The van der Waals surface area contributed by atoms with Crippen LogP contribution < -0.4 is 10.2 Å². The molecular formula is C24H38N6O2. The van der Waals surface area contributed by atoms with Crippen LogP contribution in [-0.4, -0.2) is 86.2 Å². The van der Waals surface area contributed by atoms with Gasteiger partial charge in [-0.25, -0.2) is 4.98 Å². The molecule has 176 valence electrons. The Hall–Kier alpha value is -2.35. The number of aliphatic imine (C=N–C) groups is 1. The fourth-order valence-electron chi connectivity index (χ4n) is 4.94. The highest BCUT2D eigenvalue weighted by Gasteiger charge is 2.30. The summed E-state index contributed by atoms with van der Waals surface area (Å²) in [5, 5.41) is 3.52. The summed E-state index contributed by atoms with van der Waals surface area (Å²) in [6.45, 7) is 7.42. The highest BCUT2D eigenvalue weighted by atomic mass is 16.5. The number of carbonyl (C=O) groups excluding carboxylic acids is 1. The number of pyridine rings is 1. The van der Waals surface area contributed by atoms with Crippen molar-refractivity contribution >= 4 is 17.7 Å². The lowest BCUT2D eigenvalue weighted by Gasteiger charge is -2.36. The highest BCUT2D eigenvalue weighted by Crippen LogP contribution is 2.21. The number of amides is 1. The highest BCUT2D eigenvalue weighted by molar-refractivity contribution is 5.81. The molecule has 0 aliphatic carbocycles. The molecule has 0 bridgehead atoms. The maximum absolute atomic E-state index is 12.8. The summed E-state index contributed by atoms with van der Waals surface area (Å²) < 4.78 is 5.38. The predicted octanol–water partition coefficient (Wildman–Crippen LogP) is 2.11. The van der Waals surface area contributed by atoms with Crippen LogP contribution in [0.2, 0.25) is 0 Å². The number of likely N-dealkylation sites (tertiary alicyclic amines) is 1. The van der Waals surface area contributed by atoms with Gasteiger partial charge in [0.25, 0.3) is 0 Å². The molecule has 0 unspecified atom stereocenters. The summed E-state index contributed by atoms with van der Waals surface area (Å²) in [6.07, 6.45) is 8.83. The number of nitrogens with zero attached hydrogens (tertiary/aromatic N) is 5. The molecule has 1 aromatic rings. The van der Waals surface area contributed by atoms with Gasteiger partial charge in [-0.2, -0.15) is 0 Å². The van der Waals surface area contributed by atoms with Crippen molar-refractivity contribution in [2.75, 3.05) is 64.4 Å². The van der Waals surface area contributed by atoms with Gasteiger partial charge in [0.2, 0.25) is 5.91 Å². The van der Waals surface area contributed by atoms with Crippen LogP contribution >= 0.6 is 0 Å². The third-order valence-corrected chi connectivity index (χ3v) is 6.87. The van der Waals surface area contributed by atoms with Crippen LogP contribution in [0.4, 0.5) is 5.82 Å². The van der Waals surface area contributed by atoms with Gasteiger partial charge in [-0.3, -0.25) is 9.79 Å². The second-order valence-corrected chi connectivity index (χ2v) is 9.02. The van der Waals surface area contributed by atoms with Crippen molar-refractivity contribution in [3.63, 3.8) is 0 Å². The monoisotopic (exact) mass is 442 g/mol. The van der Waals surface area contributed by atoms with Gasteiger partial charge in [-0.15, -0.1) is 0 Å². The number of hydrogen-bond donors (Lipinski definition) is 1. The van der Waals surface area contributed by atoms with Crippen LogP contribution in [-0.2, 0) is 16.1 Å². The Morgan fingerprint density at radius 1 is 1.06 bits per heavy atom. The molecule has 0 saturated carbocycles. The third kappa shape index (κ3) is 5.91. The minimum absolute atomic E-state index is 0.124. The van der Waals surface area contributed by atoms with E-state index >= 15 is 0 Å². The Morgan fingerprint density at radius 2 is 1.78 bits per heavy atom. The molecule has 4 heterocycles. The van der Waals surface area contributed by atoms with Crippen molar-refractivity contribution in [2.45, 2.75) is 45.1 Å². The van der Waals surface area contributed by atoms with E-state index in [4.69, 9.17) is 4.74 Å². The molecule has 1 aromatic heterocycles. The van der Waals surface area contributed by atoms with Crippen molar-refractivity contribution in [3.05, 3.63) is 23.9 Å². The van der Waals surface area contributed by atoms with Crippen LogP contribution in [0.25, 0.3) is 0 Å². The molecule has 0 atom stereocenters. The van der Waals surface area contributed by atoms with Gasteiger partial charge in [0.1, 0.15) is 5.82 Å². The maximum atomic E-state index is 12.8. The van der Waals surface area contributed by atoms with Gasteiger partial charge in [0, 0.05) is 65.0 Å². The minimum Gasteiger partial charge on any atom is -0.378 e. The van der Waals surface area contributed by atoms with E-state index in [0.29, 0.717) is 19.1 Å². The van der Waals surface area contributed by atoms with E-state index in [2.05, 4.69) is 37.2 Å². The van der Waals surface area contributed by atoms with Crippen molar-refractivity contribution < 1.29 is 9.53 Å². The molecule has 4 rings (SSSR count). The largest absolute Gasteiger partial charge is 0.378 e. The molecule has 3 aliphatic heterocycles. The Labute approximate surface area is 192 Å². The Morgan fingerprint density at radius 3 is 2.47 bits per heavy atom. The summed E-state index contributed by atoms with van der Waals surface area (Å²) in [5.41, 5.74) is 1.22. The molecule has 0 aromatic carbocycles. The number of piperidine rings is 1. The zero-order valence-electron chi connectivity index (χ0n) is 19.5. The van der Waals surface area contributed by atoms with Crippen LogP contribution in [0.3, 0.4) is 0 Å². The van der Waals surface area contributed by atoms with E-state index in [1.54, 1.807) is 0 Å². The van der Waals surface area contributed by atoms with Crippen molar-refractivity contribution in [1.29, 1.82) is 0 Å². The first kappa shape index (κ1) is 22.8. The number of morpholine rings is 1. The smallest absolute Gasteiger partial charge is 0.225 e. The molecular weight excluding hydrogens is 404 g/mol. The van der Waals surface area contributed by atoms with E-state index in [0.717, 1.165) is 70.4 Å². The predicted molar refractivity (Wildman–Crippen MR) is 127 cm³/mol. The quantitative estimate of drug-likeness (QED) is 0.569. The third-order valence-electron chi connectivity index (χ3n) is 6.87. The molecule has 1 N–H and O–H groups in total. The van der Waals surface area contributed by atoms with Crippen LogP contribution in [0.1, 0.15) is 44.1 Å². The molecule has 3 fully saturated rings. The number of rotatable bonds is 4. The molecule has 8 heteroatoms. The second-order valence-electron chi connectivity index (χ2n) is 9.02. The minimum atomic E-state index is 0.124. The number of hydrogen-bond acceptors (Lipinski definition) is 5. The van der Waals surface area contributed by atoms with Crippen molar-refractivity contribution in [3.8, 4) is 0 Å². The molecule has 8 nitrogen and oxygen atoms in total. The Balaban J connectivity index is 1.27. The van der Waals surface area contributed by atoms with E-state index in [1.165, 1.54) is 31.2 Å².